The zero-order valence-electron chi connectivity index (χ0n) is 12.3. The molecule has 1 aromatic heterocycles. The van der Waals surface area contributed by atoms with Crippen LogP contribution in [-0.2, 0) is 11.3 Å². The topological polar surface area (TPSA) is 54.9 Å². The maximum atomic E-state index is 12.2. The molecular formula is C15H22ClN3O. The number of nitrogens with zero attached hydrogens (tertiary/aromatic N) is 2. The fourth-order valence-corrected chi connectivity index (χ4v) is 2.97. The summed E-state index contributed by atoms with van der Waals surface area (Å²) in [5.74, 6) is 0.823. The van der Waals surface area contributed by atoms with Crippen molar-refractivity contribution in [3.63, 3.8) is 0 Å². The summed E-state index contributed by atoms with van der Waals surface area (Å²) >= 11 is 5.93. The number of hydrogen-bond donors (Lipinski definition) is 1. The minimum Gasteiger partial charge on any atom is -0.350 e. The summed E-state index contributed by atoms with van der Waals surface area (Å²) in [6.45, 7) is 7.10. The lowest BCUT2D eigenvalue weighted by Crippen LogP contribution is -2.30. The van der Waals surface area contributed by atoms with Crippen LogP contribution in [0.15, 0.2) is 12.4 Å². The average Bonchev–Trinajstić information content (AvgIpc) is 2.82. The van der Waals surface area contributed by atoms with Crippen molar-refractivity contribution in [1.82, 2.24) is 15.3 Å². The van der Waals surface area contributed by atoms with E-state index in [1.807, 2.05) is 0 Å². The van der Waals surface area contributed by atoms with Gasteiger partial charge in [-0.15, -0.1) is 0 Å². The first-order chi connectivity index (χ1) is 9.42. The molecule has 1 aromatic rings. The van der Waals surface area contributed by atoms with Gasteiger partial charge in [0.2, 0.25) is 5.91 Å². The Morgan fingerprint density at radius 3 is 2.80 bits per heavy atom. The first kappa shape index (κ1) is 15.2. The highest BCUT2D eigenvalue weighted by Gasteiger charge is 2.40. The van der Waals surface area contributed by atoms with Crippen LogP contribution in [0.25, 0.3) is 0 Å². The maximum Gasteiger partial charge on any atom is 0.223 e. The van der Waals surface area contributed by atoms with E-state index < -0.39 is 0 Å². The van der Waals surface area contributed by atoms with Gasteiger partial charge in [-0.05, 0) is 30.6 Å². The summed E-state index contributed by atoms with van der Waals surface area (Å²) in [5.41, 5.74) is 0.902. The third-order valence-corrected chi connectivity index (χ3v) is 5.01. The molecule has 1 N–H and O–H groups in total. The molecule has 2 rings (SSSR count). The van der Waals surface area contributed by atoms with Gasteiger partial charge in [-0.3, -0.25) is 9.78 Å². The molecule has 4 nitrogen and oxygen atoms in total. The van der Waals surface area contributed by atoms with Crippen LogP contribution in [0.2, 0.25) is 5.15 Å². The van der Waals surface area contributed by atoms with Gasteiger partial charge in [0, 0.05) is 18.3 Å². The molecule has 1 heterocycles. The highest BCUT2D eigenvalue weighted by Crippen LogP contribution is 2.46. The molecule has 0 aromatic carbocycles. The molecule has 2 atom stereocenters. The van der Waals surface area contributed by atoms with E-state index in [0.29, 0.717) is 23.3 Å². The number of aromatic nitrogens is 2. The maximum absolute atomic E-state index is 12.2. The van der Waals surface area contributed by atoms with Crippen molar-refractivity contribution in [2.75, 3.05) is 0 Å². The van der Waals surface area contributed by atoms with Gasteiger partial charge in [0.25, 0.3) is 0 Å². The second kappa shape index (κ2) is 6.08. The highest BCUT2D eigenvalue weighted by atomic mass is 35.5. The molecule has 0 aliphatic heterocycles. The first-order valence-electron chi connectivity index (χ1n) is 7.15. The van der Waals surface area contributed by atoms with Crippen LogP contribution in [0.5, 0.6) is 0 Å². The van der Waals surface area contributed by atoms with E-state index >= 15 is 0 Å². The fourth-order valence-electron chi connectivity index (χ4n) is 2.80. The van der Waals surface area contributed by atoms with Crippen molar-refractivity contribution in [2.45, 2.75) is 46.6 Å². The van der Waals surface area contributed by atoms with Crippen LogP contribution >= 0.6 is 11.6 Å². The van der Waals surface area contributed by atoms with Crippen LogP contribution in [0.1, 0.15) is 45.7 Å². The number of halogens is 1. The van der Waals surface area contributed by atoms with Gasteiger partial charge in [0.05, 0.1) is 12.2 Å². The number of carbonyl (C=O) groups is 1. The standard InChI is InChI=1S/C15H22ClN3O/c1-10(2)15(3)5-4-11(8-15)14(20)19-9-12-13(16)18-7-6-17-12/h6-7,10-11H,4-5,8-9H2,1-3H3,(H,19,20). The van der Waals surface area contributed by atoms with Crippen molar-refractivity contribution in [1.29, 1.82) is 0 Å². The SMILES string of the molecule is CC(C)C1(C)CCC(C(=O)NCc2nccnc2Cl)C1. The largest absolute Gasteiger partial charge is 0.350 e. The van der Waals surface area contributed by atoms with Gasteiger partial charge in [-0.25, -0.2) is 4.98 Å². The van der Waals surface area contributed by atoms with Gasteiger partial charge in [-0.2, -0.15) is 0 Å². The first-order valence-corrected chi connectivity index (χ1v) is 7.53. The lowest BCUT2D eigenvalue weighted by Gasteiger charge is -2.28. The second-order valence-corrected chi connectivity index (χ2v) is 6.62. The number of nitrogens with one attached hydrogen (secondary N) is 1. The third kappa shape index (κ3) is 3.29. The van der Waals surface area contributed by atoms with Crippen molar-refractivity contribution in [3.8, 4) is 0 Å². The highest BCUT2D eigenvalue weighted by molar-refractivity contribution is 6.29. The zero-order valence-corrected chi connectivity index (χ0v) is 13.1. The van der Waals surface area contributed by atoms with E-state index in [4.69, 9.17) is 11.6 Å². The van der Waals surface area contributed by atoms with E-state index in [9.17, 15) is 4.79 Å². The van der Waals surface area contributed by atoms with E-state index in [-0.39, 0.29) is 17.2 Å². The fraction of sp³-hybridized carbons (Fsp3) is 0.667. The van der Waals surface area contributed by atoms with E-state index in [2.05, 4.69) is 36.1 Å². The molecule has 0 radical (unpaired) electrons. The Morgan fingerprint density at radius 2 is 2.20 bits per heavy atom. The van der Waals surface area contributed by atoms with Gasteiger partial charge in [0.1, 0.15) is 0 Å². The Morgan fingerprint density at radius 1 is 1.50 bits per heavy atom. The van der Waals surface area contributed by atoms with E-state index in [1.165, 1.54) is 0 Å². The van der Waals surface area contributed by atoms with Crippen LogP contribution in [-0.4, -0.2) is 15.9 Å². The molecule has 1 aliphatic rings. The minimum atomic E-state index is 0.107. The molecule has 1 saturated carbocycles. The number of rotatable bonds is 4. The van der Waals surface area contributed by atoms with Gasteiger partial charge in [-0.1, -0.05) is 32.4 Å². The third-order valence-electron chi connectivity index (χ3n) is 4.69. The summed E-state index contributed by atoms with van der Waals surface area (Å²) in [7, 11) is 0. The molecule has 0 bridgehead atoms. The molecular weight excluding hydrogens is 274 g/mol. The Hall–Kier alpha value is -1.16. The molecule has 1 fully saturated rings. The smallest absolute Gasteiger partial charge is 0.223 e. The van der Waals surface area contributed by atoms with Crippen LogP contribution < -0.4 is 5.32 Å². The van der Waals surface area contributed by atoms with E-state index in [1.54, 1.807) is 12.4 Å². The monoisotopic (exact) mass is 295 g/mol. The molecule has 1 amide bonds. The molecule has 20 heavy (non-hydrogen) atoms. The van der Waals surface area contributed by atoms with Crippen molar-refractivity contribution < 1.29 is 4.79 Å². The van der Waals surface area contributed by atoms with Gasteiger partial charge >= 0.3 is 0 Å². The summed E-state index contributed by atoms with van der Waals surface area (Å²) in [4.78, 5) is 20.3. The van der Waals surface area contributed by atoms with Crippen LogP contribution in [0.3, 0.4) is 0 Å². The van der Waals surface area contributed by atoms with Crippen LogP contribution in [0.4, 0.5) is 0 Å². The zero-order chi connectivity index (χ0) is 14.8. The molecule has 0 spiro atoms. The number of hydrogen-bond acceptors (Lipinski definition) is 3. The summed E-state index contributed by atoms with van der Waals surface area (Å²) in [6.07, 6.45) is 6.17. The normalized spacial score (nSPS) is 25.9. The summed E-state index contributed by atoms with van der Waals surface area (Å²) in [6, 6.07) is 0. The summed E-state index contributed by atoms with van der Waals surface area (Å²) < 4.78 is 0. The molecule has 0 saturated heterocycles. The molecule has 110 valence electrons. The van der Waals surface area contributed by atoms with Crippen LogP contribution in [0, 0.1) is 17.3 Å². The lowest BCUT2D eigenvalue weighted by atomic mass is 9.77. The average molecular weight is 296 g/mol. The van der Waals surface area contributed by atoms with Gasteiger partial charge in [0.15, 0.2) is 5.15 Å². The van der Waals surface area contributed by atoms with Crippen molar-refractivity contribution in [2.24, 2.45) is 17.3 Å². The quantitative estimate of drug-likeness (QED) is 0.928. The number of carbonyl (C=O) groups excluding carboxylic acids is 1. The minimum absolute atomic E-state index is 0.107. The Labute approximate surface area is 125 Å². The Bertz CT molecular complexity index is 492. The number of amides is 1. The Balaban J connectivity index is 1.89. The lowest BCUT2D eigenvalue weighted by molar-refractivity contribution is -0.125. The molecule has 2 unspecified atom stereocenters. The predicted octanol–water partition coefficient (Wildman–Crippen LogP) is 3.21. The second-order valence-electron chi connectivity index (χ2n) is 6.26. The van der Waals surface area contributed by atoms with E-state index in [0.717, 1.165) is 19.3 Å². The summed E-state index contributed by atoms with van der Waals surface area (Å²) in [5, 5.41) is 3.29. The predicted molar refractivity (Wildman–Crippen MR) is 79.2 cm³/mol. The Kier molecular flexibility index (Phi) is 4.63. The van der Waals surface area contributed by atoms with Crippen molar-refractivity contribution >= 4 is 17.5 Å². The molecule has 5 heteroatoms. The van der Waals surface area contributed by atoms with Gasteiger partial charge < -0.3 is 5.32 Å². The van der Waals surface area contributed by atoms with Crippen molar-refractivity contribution in [3.05, 3.63) is 23.2 Å². The molecule has 1 aliphatic carbocycles.